The molecule has 0 saturated carbocycles. The zero-order chi connectivity index (χ0) is 16.5. The summed E-state index contributed by atoms with van der Waals surface area (Å²) in [6.07, 6.45) is 0. The molecule has 2 atom stereocenters. The Morgan fingerprint density at radius 1 is 1.27 bits per heavy atom. The van der Waals surface area contributed by atoms with Crippen LogP contribution < -0.4 is 16.2 Å². The molecule has 7 heteroatoms. The first-order chi connectivity index (χ1) is 10.4. The molecule has 0 aliphatic rings. The predicted octanol–water partition coefficient (Wildman–Crippen LogP) is 2.01. The molecule has 0 fully saturated rings. The molecule has 1 amide bonds. The third kappa shape index (κ3) is 7.11. The second kappa shape index (κ2) is 9.66. The number of ether oxygens (including phenoxy) is 1. The van der Waals surface area contributed by atoms with Gasteiger partial charge in [-0.3, -0.25) is 15.6 Å². The average Bonchev–Trinajstić information content (AvgIpc) is 2.47. The highest BCUT2D eigenvalue weighted by molar-refractivity contribution is 8.00. The summed E-state index contributed by atoms with van der Waals surface area (Å²) in [5, 5.41) is 3.14. The van der Waals surface area contributed by atoms with Crippen molar-refractivity contribution < 1.29 is 9.53 Å². The van der Waals surface area contributed by atoms with Crippen LogP contribution in [-0.4, -0.2) is 36.0 Å². The summed E-state index contributed by atoms with van der Waals surface area (Å²) < 4.78 is 5.00. The van der Waals surface area contributed by atoms with E-state index in [1.807, 2.05) is 45.0 Å². The number of benzene rings is 1. The van der Waals surface area contributed by atoms with Crippen molar-refractivity contribution in [2.24, 2.45) is 0 Å². The standard InChI is InChI=1S/C15H23N3O2S2/c1-10-5-7-13(8-6-10)22-12(3)14(19)17-18-15(21)16-11(2)9-20-4/h5-8,11-12H,9H2,1-4H3,(H,17,19)(H2,16,18,21)/t11-,12-/m0/s1. The van der Waals surface area contributed by atoms with Gasteiger partial charge in [0, 0.05) is 18.0 Å². The highest BCUT2D eigenvalue weighted by atomic mass is 32.2. The fourth-order valence-electron chi connectivity index (χ4n) is 1.65. The molecule has 0 aromatic heterocycles. The Balaban J connectivity index is 2.34. The second-order valence-corrected chi connectivity index (χ2v) is 6.84. The van der Waals surface area contributed by atoms with E-state index in [0.717, 1.165) is 4.90 Å². The molecule has 0 aliphatic carbocycles. The van der Waals surface area contributed by atoms with E-state index in [9.17, 15) is 4.79 Å². The first kappa shape index (κ1) is 18.7. The van der Waals surface area contributed by atoms with Crippen molar-refractivity contribution in [3.8, 4) is 0 Å². The van der Waals surface area contributed by atoms with Gasteiger partial charge in [-0.15, -0.1) is 11.8 Å². The number of thioether (sulfide) groups is 1. The maximum Gasteiger partial charge on any atom is 0.251 e. The van der Waals surface area contributed by atoms with Gasteiger partial charge in [0.2, 0.25) is 0 Å². The van der Waals surface area contributed by atoms with Gasteiger partial charge >= 0.3 is 0 Å². The first-order valence-electron chi connectivity index (χ1n) is 7.01. The molecule has 0 heterocycles. The van der Waals surface area contributed by atoms with Crippen LogP contribution in [0.3, 0.4) is 0 Å². The van der Waals surface area contributed by atoms with E-state index in [0.29, 0.717) is 11.7 Å². The first-order valence-corrected chi connectivity index (χ1v) is 8.29. The van der Waals surface area contributed by atoms with E-state index in [4.69, 9.17) is 17.0 Å². The van der Waals surface area contributed by atoms with Crippen LogP contribution in [0.15, 0.2) is 29.2 Å². The molecule has 22 heavy (non-hydrogen) atoms. The third-order valence-electron chi connectivity index (χ3n) is 2.80. The number of rotatable bonds is 6. The molecule has 0 bridgehead atoms. The van der Waals surface area contributed by atoms with Gasteiger partial charge in [0.25, 0.3) is 5.91 Å². The van der Waals surface area contributed by atoms with Gasteiger partial charge in [0.05, 0.1) is 11.9 Å². The Bertz CT molecular complexity index is 494. The SMILES string of the molecule is COC[C@H](C)NC(=S)NNC(=O)[C@H](C)Sc1ccc(C)cc1. The summed E-state index contributed by atoms with van der Waals surface area (Å²) in [7, 11) is 1.63. The Morgan fingerprint density at radius 3 is 2.50 bits per heavy atom. The zero-order valence-corrected chi connectivity index (χ0v) is 14.9. The van der Waals surface area contributed by atoms with Crippen molar-refractivity contribution in [3.05, 3.63) is 29.8 Å². The molecule has 0 spiro atoms. The van der Waals surface area contributed by atoms with Crippen LogP contribution in [0.25, 0.3) is 0 Å². The molecule has 0 unspecified atom stereocenters. The van der Waals surface area contributed by atoms with E-state index in [-0.39, 0.29) is 17.2 Å². The number of hydrogen-bond donors (Lipinski definition) is 3. The van der Waals surface area contributed by atoms with Gasteiger partial charge in [0.15, 0.2) is 5.11 Å². The van der Waals surface area contributed by atoms with Gasteiger partial charge < -0.3 is 10.1 Å². The number of methoxy groups -OCH3 is 1. The average molecular weight is 342 g/mol. The van der Waals surface area contributed by atoms with E-state index < -0.39 is 0 Å². The lowest BCUT2D eigenvalue weighted by Crippen LogP contribution is -2.51. The molecule has 5 nitrogen and oxygen atoms in total. The minimum atomic E-state index is -0.227. The van der Waals surface area contributed by atoms with Crippen molar-refractivity contribution in [1.29, 1.82) is 0 Å². The van der Waals surface area contributed by atoms with E-state index in [2.05, 4.69) is 16.2 Å². The number of aryl methyl sites for hydroxylation is 1. The Labute approximate surface area is 141 Å². The fourth-order valence-corrected chi connectivity index (χ4v) is 2.77. The van der Waals surface area contributed by atoms with Crippen LogP contribution >= 0.6 is 24.0 Å². The lowest BCUT2D eigenvalue weighted by atomic mass is 10.2. The summed E-state index contributed by atoms with van der Waals surface area (Å²) in [5.41, 5.74) is 6.51. The highest BCUT2D eigenvalue weighted by Crippen LogP contribution is 2.23. The normalized spacial score (nSPS) is 13.1. The van der Waals surface area contributed by atoms with E-state index in [1.54, 1.807) is 7.11 Å². The Kier molecular flexibility index (Phi) is 8.22. The van der Waals surface area contributed by atoms with Gasteiger partial charge in [-0.2, -0.15) is 0 Å². The molecular weight excluding hydrogens is 318 g/mol. The van der Waals surface area contributed by atoms with E-state index >= 15 is 0 Å². The minimum Gasteiger partial charge on any atom is -0.383 e. The van der Waals surface area contributed by atoms with Crippen LogP contribution in [0, 0.1) is 6.92 Å². The van der Waals surface area contributed by atoms with Crippen molar-refractivity contribution in [2.75, 3.05) is 13.7 Å². The topological polar surface area (TPSA) is 62.4 Å². The number of carbonyl (C=O) groups excluding carboxylic acids is 1. The largest absolute Gasteiger partial charge is 0.383 e. The second-order valence-electron chi connectivity index (χ2n) is 5.02. The predicted molar refractivity (Wildman–Crippen MR) is 94.8 cm³/mol. The lowest BCUT2D eigenvalue weighted by molar-refractivity contribution is -0.120. The maximum absolute atomic E-state index is 12.0. The Hall–Kier alpha value is -1.31. The summed E-state index contributed by atoms with van der Waals surface area (Å²) in [5.74, 6) is -0.130. The number of hydrogen-bond acceptors (Lipinski definition) is 4. The number of hydrazine groups is 1. The molecule has 1 aromatic carbocycles. The summed E-state index contributed by atoms with van der Waals surface area (Å²) in [6, 6.07) is 8.15. The van der Waals surface area contributed by atoms with Crippen molar-refractivity contribution >= 4 is 35.0 Å². The fraction of sp³-hybridized carbons (Fsp3) is 0.467. The molecule has 0 radical (unpaired) electrons. The van der Waals surface area contributed by atoms with Gasteiger partial charge in [-0.1, -0.05) is 17.7 Å². The minimum absolute atomic E-state index is 0.0706. The third-order valence-corrected chi connectivity index (χ3v) is 4.13. The van der Waals surface area contributed by atoms with Crippen LogP contribution in [0.4, 0.5) is 0 Å². The molecule has 0 saturated heterocycles. The van der Waals surface area contributed by atoms with Crippen LogP contribution in [0.5, 0.6) is 0 Å². The summed E-state index contributed by atoms with van der Waals surface area (Å²) in [6.45, 7) is 6.36. The highest BCUT2D eigenvalue weighted by Gasteiger charge is 2.14. The van der Waals surface area contributed by atoms with Crippen molar-refractivity contribution in [3.63, 3.8) is 0 Å². The summed E-state index contributed by atoms with van der Waals surface area (Å²) in [4.78, 5) is 13.1. The number of thiocarbonyl (C=S) groups is 1. The van der Waals surface area contributed by atoms with Gasteiger partial charge in [-0.05, 0) is 45.1 Å². The van der Waals surface area contributed by atoms with Crippen LogP contribution in [0.1, 0.15) is 19.4 Å². The maximum atomic E-state index is 12.0. The van der Waals surface area contributed by atoms with Crippen LogP contribution in [-0.2, 0) is 9.53 Å². The molecule has 3 N–H and O–H groups in total. The van der Waals surface area contributed by atoms with Gasteiger partial charge in [-0.25, -0.2) is 0 Å². The zero-order valence-electron chi connectivity index (χ0n) is 13.3. The molecule has 0 aliphatic heterocycles. The Morgan fingerprint density at radius 2 is 1.91 bits per heavy atom. The molecule has 1 aromatic rings. The monoisotopic (exact) mass is 341 g/mol. The smallest absolute Gasteiger partial charge is 0.251 e. The van der Waals surface area contributed by atoms with E-state index in [1.165, 1.54) is 17.3 Å². The van der Waals surface area contributed by atoms with Crippen molar-refractivity contribution in [1.82, 2.24) is 16.2 Å². The number of carbonyl (C=O) groups is 1. The number of amides is 1. The summed E-state index contributed by atoms with van der Waals surface area (Å²) >= 11 is 6.59. The van der Waals surface area contributed by atoms with Crippen LogP contribution in [0.2, 0.25) is 0 Å². The molecule has 1 rings (SSSR count). The van der Waals surface area contributed by atoms with Crippen molar-refractivity contribution in [2.45, 2.75) is 37.0 Å². The van der Waals surface area contributed by atoms with Gasteiger partial charge in [0.1, 0.15) is 0 Å². The lowest BCUT2D eigenvalue weighted by Gasteiger charge is -2.18. The molecule has 122 valence electrons. The number of nitrogens with one attached hydrogen (secondary N) is 3. The molecular formula is C15H23N3O2S2. The quantitative estimate of drug-likeness (QED) is 0.418.